The molecule has 1 fully saturated rings. The van der Waals surface area contributed by atoms with E-state index in [-0.39, 0.29) is 29.5 Å². The van der Waals surface area contributed by atoms with E-state index >= 15 is 0 Å². The van der Waals surface area contributed by atoms with Crippen LogP contribution in [-0.4, -0.2) is 41.3 Å². The van der Waals surface area contributed by atoms with Crippen molar-refractivity contribution in [1.29, 1.82) is 0 Å². The Labute approximate surface area is 110 Å². The van der Waals surface area contributed by atoms with Gasteiger partial charge in [-0.15, -0.1) is 0 Å². The van der Waals surface area contributed by atoms with Gasteiger partial charge < -0.3 is 14.8 Å². The summed E-state index contributed by atoms with van der Waals surface area (Å²) in [6.07, 6.45) is 4.07. The van der Waals surface area contributed by atoms with Gasteiger partial charge >= 0.3 is 5.69 Å². The van der Waals surface area contributed by atoms with E-state index < -0.39 is 4.92 Å². The highest BCUT2D eigenvalue weighted by atomic mass is 16.6. The third-order valence-corrected chi connectivity index (χ3v) is 3.22. The van der Waals surface area contributed by atoms with Crippen molar-refractivity contribution in [1.82, 2.24) is 9.97 Å². The van der Waals surface area contributed by atoms with Gasteiger partial charge in [-0.25, -0.2) is 4.98 Å². The van der Waals surface area contributed by atoms with E-state index in [1.54, 1.807) is 7.11 Å². The first-order chi connectivity index (χ1) is 9.15. The Hall–Kier alpha value is -1.96. The minimum atomic E-state index is -0.538. The van der Waals surface area contributed by atoms with Crippen LogP contribution in [-0.2, 0) is 4.74 Å². The molecule has 0 amide bonds. The molecule has 0 bridgehead atoms. The van der Waals surface area contributed by atoms with E-state index in [1.807, 2.05) is 0 Å². The lowest BCUT2D eigenvalue weighted by molar-refractivity contribution is -0.385. The van der Waals surface area contributed by atoms with Gasteiger partial charge in [0, 0.05) is 13.2 Å². The zero-order valence-corrected chi connectivity index (χ0v) is 10.8. The lowest BCUT2D eigenvalue weighted by atomic mass is 10.2. The van der Waals surface area contributed by atoms with Crippen LogP contribution in [0.2, 0.25) is 0 Å². The van der Waals surface area contributed by atoms with Crippen molar-refractivity contribution in [2.75, 3.05) is 19.5 Å². The van der Waals surface area contributed by atoms with E-state index in [0.29, 0.717) is 0 Å². The molecule has 0 spiro atoms. The molecule has 1 aliphatic carbocycles. The minimum absolute atomic E-state index is 0.0382. The normalized spacial score (nSPS) is 22.2. The molecule has 2 atom stereocenters. The number of anilines is 1. The molecule has 1 heterocycles. The van der Waals surface area contributed by atoms with Crippen molar-refractivity contribution in [2.24, 2.45) is 0 Å². The summed E-state index contributed by atoms with van der Waals surface area (Å²) in [7, 11) is 3.01. The molecule has 0 aromatic carbocycles. The zero-order chi connectivity index (χ0) is 13.8. The van der Waals surface area contributed by atoms with Crippen LogP contribution in [0.25, 0.3) is 0 Å². The molecule has 0 saturated heterocycles. The maximum Gasteiger partial charge on any atom is 0.372 e. The molecule has 104 valence electrons. The summed E-state index contributed by atoms with van der Waals surface area (Å²) >= 11 is 0. The Kier molecular flexibility index (Phi) is 4.10. The van der Waals surface area contributed by atoms with Crippen LogP contribution in [0.1, 0.15) is 19.3 Å². The summed E-state index contributed by atoms with van der Waals surface area (Å²) in [4.78, 5) is 18.2. The summed E-state index contributed by atoms with van der Waals surface area (Å²) in [6, 6.07) is 0.114. The standard InChI is InChI=1S/C11H16N4O4/c1-18-8-4-3-7(5-8)14-10-9(15(16)17)11(19-2)13-6-12-10/h6-8H,3-5H2,1-2H3,(H,12,13,14). The van der Waals surface area contributed by atoms with Gasteiger partial charge in [-0.2, -0.15) is 4.98 Å². The number of ether oxygens (including phenoxy) is 2. The van der Waals surface area contributed by atoms with Crippen molar-refractivity contribution < 1.29 is 14.4 Å². The Morgan fingerprint density at radius 3 is 2.79 bits per heavy atom. The lowest BCUT2D eigenvalue weighted by Crippen LogP contribution is -2.19. The summed E-state index contributed by atoms with van der Waals surface area (Å²) in [5.74, 6) is 0.155. The largest absolute Gasteiger partial charge is 0.476 e. The number of aromatic nitrogens is 2. The zero-order valence-electron chi connectivity index (χ0n) is 10.8. The number of nitrogens with one attached hydrogen (secondary N) is 1. The van der Waals surface area contributed by atoms with Crippen LogP contribution < -0.4 is 10.1 Å². The van der Waals surface area contributed by atoms with Crippen LogP contribution in [0.3, 0.4) is 0 Å². The first-order valence-electron chi connectivity index (χ1n) is 5.98. The Morgan fingerprint density at radius 2 is 2.21 bits per heavy atom. The van der Waals surface area contributed by atoms with Gasteiger partial charge in [0.2, 0.25) is 5.82 Å². The number of hydrogen-bond acceptors (Lipinski definition) is 7. The minimum Gasteiger partial charge on any atom is -0.476 e. The molecule has 1 aromatic heterocycles. The molecule has 1 aliphatic rings. The fourth-order valence-electron chi connectivity index (χ4n) is 2.26. The molecule has 19 heavy (non-hydrogen) atoms. The molecule has 0 aliphatic heterocycles. The molecule has 8 heteroatoms. The second-order valence-corrected chi connectivity index (χ2v) is 4.35. The summed E-state index contributed by atoms with van der Waals surface area (Å²) in [6.45, 7) is 0. The van der Waals surface area contributed by atoms with Crippen LogP contribution in [0.4, 0.5) is 11.5 Å². The topological polar surface area (TPSA) is 99.4 Å². The molecular formula is C11H16N4O4. The number of methoxy groups -OCH3 is 2. The van der Waals surface area contributed by atoms with Crippen molar-refractivity contribution in [2.45, 2.75) is 31.4 Å². The smallest absolute Gasteiger partial charge is 0.372 e. The van der Waals surface area contributed by atoms with E-state index in [0.717, 1.165) is 19.3 Å². The van der Waals surface area contributed by atoms with Gasteiger partial charge in [0.25, 0.3) is 5.88 Å². The lowest BCUT2D eigenvalue weighted by Gasteiger charge is -2.13. The molecule has 1 N–H and O–H groups in total. The average molecular weight is 268 g/mol. The van der Waals surface area contributed by atoms with E-state index in [2.05, 4.69) is 15.3 Å². The molecule has 2 unspecified atom stereocenters. The molecule has 1 saturated carbocycles. The molecule has 8 nitrogen and oxygen atoms in total. The van der Waals surface area contributed by atoms with Crippen LogP contribution in [0, 0.1) is 10.1 Å². The van der Waals surface area contributed by atoms with Crippen molar-refractivity contribution >= 4 is 11.5 Å². The molecule has 1 aromatic rings. The van der Waals surface area contributed by atoms with Crippen LogP contribution in [0.15, 0.2) is 6.33 Å². The van der Waals surface area contributed by atoms with Gasteiger partial charge in [-0.05, 0) is 19.3 Å². The third-order valence-electron chi connectivity index (χ3n) is 3.22. The van der Waals surface area contributed by atoms with E-state index in [1.165, 1.54) is 13.4 Å². The fourth-order valence-corrected chi connectivity index (χ4v) is 2.26. The Morgan fingerprint density at radius 1 is 1.42 bits per heavy atom. The van der Waals surface area contributed by atoms with Crippen molar-refractivity contribution in [3.05, 3.63) is 16.4 Å². The van der Waals surface area contributed by atoms with Crippen LogP contribution >= 0.6 is 0 Å². The predicted octanol–water partition coefficient (Wildman–Crippen LogP) is 1.37. The third kappa shape index (κ3) is 2.90. The molecule has 0 radical (unpaired) electrons. The second kappa shape index (κ2) is 5.79. The monoisotopic (exact) mass is 268 g/mol. The highest BCUT2D eigenvalue weighted by Gasteiger charge is 2.29. The number of rotatable bonds is 5. The first kappa shape index (κ1) is 13.5. The van der Waals surface area contributed by atoms with Crippen LogP contribution in [0.5, 0.6) is 5.88 Å². The first-order valence-corrected chi connectivity index (χ1v) is 5.98. The maximum absolute atomic E-state index is 11.1. The quantitative estimate of drug-likeness (QED) is 0.636. The summed E-state index contributed by atoms with van der Waals surface area (Å²) in [5.41, 5.74) is -0.231. The number of hydrogen-bond donors (Lipinski definition) is 1. The predicted molar refractivity (Wildman–Crippen MR) is 67.3 cm³/mol. The van der Waals surface area contributed by atoms with Gasteiger partial charge in [0.05, 0.1) is 18.1 Å². The SMILES string of the molecule is COc1ncnc(NC2CCC(OC)C2)c1[N+](=O)[O-]. The number of nitrogens with zero attached hydrogens (tertiary/aromatic N) is 3. The Bertz CT molecular complexity index is 468. The van der Waals surface area contributed by atoms with Crippen molar-refractivity contribution in [3.63, 3.8) is 0 Å². The molecule has 2 rings (SSSR count). The van der Waals surface area contributed by atoms with E-state index in [4.69, 9.17) is 9.47 Å². The molecular weight excluding hydrogens is 252 g/mol. The van der Waals surface area contributed by atoms with Gasteiger partial charge in [0.1, 0.15) is 6.33 Å². The van der Waals surface area contributed by atoms with E-state index in [9.17, 15) is 10.1 Å². The summed E-state index contributed by atoms with van der Waals surface area (Å²) in [5, 5.41) is 14.2. The number of nitro groups is 1. The van der Waals surface area contributed by atoms with Crippen molar-refractivity contribution in [3.8, 4) is 5.88 Å². The fraction of sp³-hybridized carbons (Fsp3) is 0.636. The van der Waals surface area contributed by atoms with Gasteiger partial charge in [-0.3, -0.25) is 10.1 Å². The second-order valence-electron chi connectivity index (χ2n) is 4.35. The summed E-state index contributed by atoms with van der Waals surface area (Å²) < 4.78 is 10.2. The highest BCUT2D eigenvalue weighted by molar-refractivity contribution is 5.61. The maximum atomic E-state index is 11.1. The Balaban J connectivity index is 2.18. The average Bonchev–Trinajstić information content (AvgIpc) is 2.85. The van der Waals surface area contributed by atoms with Gasteiger partial charge in [0.15, 0.2) is 0 Å². The van der Waals surface area contributed by atoms with Gasteiger partial charge in [-0.1, -0.05) is 0 Å². The highest BCUT2D eigenvalue weighted by Crippen LogP contribution is 2.33.